The lowest BCUT2D eigenvalue weighted by atomic mass is 10.3. The predicted octanol–water partition coefficient (Wildman–Crippen LogP) is 0.337. The van der Waals surface area contributed by atoms with Crippen LogP contribution in [0, 0.1) is 24.0 Å². The zero-order valence-electron chi connectivity index (χ0n) is 16.7. The third-order valence-electron chi connectivity index (χ3n) is 5.23. The highest BCUT2D eigenvalue weighted by Gasteiger charge is 2.36. The molecular weight excluding hydrogens is 388 g/mol. The van der Waals surface area contributed by atoms with Crippen molar-refractivity contribution in [1.82, 2.24) is 23.3 Å². The van der Waals surface area contributed by atoms with Crippen LogP contribution in [0.3, 0.4) is 0 Å². The highest BCUT2D eigenvalue weighted by atomic mass is 32.2. The van der Waals surface area contributed by atoms with Crippen molar-refractivity contribution < 1.29 is 18.1 Å². The van der Waals surface area contributed by atoms with Crippen LogP contribution in [0.5, 0.6) is 0 Å². The molecule has 0 saturated carbocycles. The highest BCUT2D eigenvalue weighted by molar-refractivity contribution is 7.86. The van der Waals surface area contributed by atoms with Crippen molar-refractivity contribution >= 4 is 15.9 Å². The summed E-state index contributed by atoms with van der Waals surface area (Å²) in [7, 11) is -3.52. The molecule has 2 saturated heterocycles. The molecule has 158 valence electrons. The van der Waals surface area contributed by atoms with Crippen LogP contribution >= 0.6 is 0 Å². The Morgan fingerprint density at radius 3 is 2.18 bits per heavy atom. The van der Waals surface area contributed by atoms with Gasteiger partial charge in [-0.25, -0.2) is 4.68 Å². The molecule has 1 aromatic rings. The zero-order chi connectivity index (χ0) is 20.6. The first kappa shape index (κ1) is 21.1. The van der Waals surface area contributed by atoms with Crippen LogP contribution < -0.4 is 0 Å². The number of nitro groups is 1. The molecule has 0 aliphatic carbocycles. The summed E-state index contributed by atoms with van der Waals surface area (Å²) in [4.78, 5) is 12.8. The molecule has 0 unspecified atom stereocenters. The van der Waals surface area contributed by atoms with Crippen molar-refractivity contribution in [1.29, 1.82) is 0 Å². The van der Waals surface area contributed by atoms with Gasteiger partial charge in [0.05, 0.1) is 23.8 Å². The normalized spacial score (nSPS) is 25.9. The van der Waals surface area contributed by atoms with Crippen LogP contribution in [0.1, 0.15) is 25.2 Å². The summed E-state index contributed by atoms with van der Waals surface area (Å²) in [6.07, 6.45) is -0.247. The third kappa shape index (κ3) is 4.20. The second kappa shape index (κ2) is 8.03. The van der Waals surface area contributed by atoms with E-state index in [1.807, 2.05) is 13.8 Å². The Morgan fingerprint density at radius 1 is 1.11 bits per heavy atom. The Bertz CT molecular complexity index is 823. The Hall–Kier alpha value is -1.60. The van der Waals surface area contributed by atoms with Crippen molar-refractivity contribution in [2.75, 3.05) is 39.3 Å². The van der Waals surface area contributed by atoms with E-state index in [4.69, 9.17) is 4.74 Å². The summed E-state index contributed by atoms with van der Waals surface area (Å²) >= 11 is 0. The van der Waals surface area contributed by atoms with Gasteiger partial charge in [0.1, 0.15) is 11.4 Å². The molecule has 0 amide bonds. The molecule has 0 radical (unpaired) electrons. The molecule has 3 heterocycles. The fraction of sp³-hybridized carbons (Fsp3) is 0.812. The predicted molar refractivity (Wildman–Crippen MR) is 102 cm³/mol. The Morgan fingerprint density at radius 2 is 1.68 bits per heavy atom. The van der Waals surface area contributed by atoms with Crippen molar-refractivity contribution in [2.24, 2.45) is 0 Å². The van der Waals surface area contributed by atoms with E-state index in [1.165, 1.54) is 8.61 Å². The Balaban J connectivity index is 1.62. The maximum Gasteiger partial charge on any atom is 0.312 e. The molecule has 0 spiro atoms. The number of hydrogen-bond acceptors (Lipinski definition) is 7. The van der Waals surface area contributed by atoms with Gasteiger partial charge in [0.2, 0.25) is 0 Å². The van der Waals surface area contributed by atoms with Crippen molar-refractivity contribution in [3.63, 3.8) is 0 Å². The number of ether oxygens (including phenoxy) is 1. The standard InChI is InChI=1S/C16H28N6O5S/c1-12-9-20(10-13(2)27-12)28(25,26)19-7-5-18(6-8-19)11-21-15(4)16(22(23)24)14(3)17-21/h12-13H,5-11H2,1-4H3/t12-,13+. The fourth-order valence-electron chi connectivity index (χ4n) is 3.86. The van der Waals surface area contributed by atoms with E-state index < -0.39 is 15.1 Å². The topological polar surface area (TPSA) is 114 Å². The monoisotopic (exact) mass is 416 g/mol. The molecule has 0 aromatic carbocycles. The number of aryl methyl sites for hydroxylation is 1. The maximum atomic E-state index is 13.0. The number of nitrogens with zero attached hydrogens (tertiary/aromatic N) is 6. The van der Waals surface area contributed by atoms with Gasteiger partial charge in [0.15, 0.2) is 0 Å². The van der Waals surface area contributed by atoms with E-state index in [2.05, 4.69) is 10.00 Å². The van der Waals surface area contributed by atoms with Gasteiger partial charge in [-0.2, -0.15) is 22.1 Å². The lowest BCUT2D eigenvalue weighted by Crippen LogP contribution is -2.57. The van der Waals surface area contributed by atoms with Crippen LogP contribution in [0.4, 0.5) is 5.69 Å². The van der Waals surface area contributed by atoms with Gasteiger partial charge in [-0.05, 0) is 27.7 Å². The molecule has 1 aromatic heterocycles. The summed E-state index contributed by atoms with van der Waals surface area (Å²) in [6.45, 7) is 10.0. The molecule has 2 fully saturated rings. The molecule has 0 bridgehead atoms. The zero-order valence-corrected chi connectivity index (χ0v) is 17.6. The van der Waals surface area contributed by atoms with Crippen LogP contribution in [-0.2, 0) is 21.6 Å². The Kier molecular flexibility index (Phi) is 6.05. The molecule has 0 N–H and O–H groups in total. The largest absolute Gasteiger partial charge is 0.373 e. The van der Waals surface area contributed by atoms with Crippen LogP contribution in [0.2, 0.25) is 0 Å². The summed E-state index contributed by atoms with van der Waals surface area (Å²) in [5.41, 5.74) is 0.935. The smallest absolute Gasteiger partial charge is 0.312 e. The molecule has 28 heavy (non-hydrogen) atoms. The van der Waals surface area contributed by atoms with Gasteiger partial charge in [0.25, 0.3) is 10.2 Å². The molecule has 2 aliphatic heterocycles. The summed E-state index contributed by atoms with van der Waals surface area (Å²) < 4.78 is 36.2. The van der Waals surface area contributed by atoms with Crippen LogP contribution in [0.25, 0.3) is 0 Å². The number of piperazine rings is 1. The van der Waals surface area contributed by atoms with E-state index in [9.17, 15) is 18.5 Å². The lowest BCUT2D eigenvalue weighted by molar-refractivity contribution is -0.386. The average Bonchev–Trinajstić information content (AvgIpc) is 2.88. The first-order chi connectivity index (χ1) is 13.1. The quantitative estimate of drug-likeness (QED) is 0.502. The van der Waals surface area contributed by atoms with Crippen molar-refractivity contribution in [2.45, 2.75) is 46.6 Å². The highest BCUT2D eigenvalue weighted by Crippen LogP contribution is 2.23. The van der Waals surface area contributed by atoms with Crippen molar-refractivity contribution in [3.05, 3.63) is 21.5 Å². The number of aromatic nitrogens is 2. The summed E-state index contributed by atoms with van der Waals surface area (Å²) in [5, 5.41) is 15.4. The lowest BCUT2D eigenvalue weighted by Gasteiger charge is -2.40. The second-order valence-electron chi connectivity index (χ2n) is 7.52. The first-order valence-corrected chi connectivity index (χ1v) is 10.8. The number of hydrogen-bond donors (Lipinski definition) is 0. The fourth-order valence-corrected chi connectivity index (χ4v) is 5.61. The van der Waals surface area contributed by atoms with E-state index >= 15 is 0 Å². The summed E-state index contributed by atoms with van der Waals surface area (Å²) in [5.74, 6) is 0. The molecule has 11 nitrogen and oxygen atoms in total. The minimum Gasteiger partial charge on any atom is -0.373 e. The summed E-state index contributed by atoms with van der Waals surface area (Å²) in [6, 6.07) is 0. The molecule has 2 atom stereocenters. The molecular formula is C16H28N6O5S. The van der Waals surface area contributed by atoms with Crippen LogP contribution in [-0.4, -0.2) is 88.1 Å². The minimum absolute atomic E-state index is 0.0387. The Labute approximate surface area is 165 Å². The van der Waals surface area contributed by atoms with Gasteiger partial charge in [0, 0.05) is 39.3 Å². The SMILES string of the molecule is Cc1nn(CN2CCN(S(=O)(=O)N3C[C@@H](C)O[C@@H](C)C3)CC2)c(C)c1[N+](=O)[O-]. The third-order valence-corrected chi connectivity index (χ3v) is 7.20. The van der Waals surface area contributed by atoms with Gasteiger partial charge in [-0.1, -0.05) is 0 Å². The van der Waals surface area contributed by atoms with Gasteiger partial charge < -0.3 is 4.74 Å². The van der Waals surface area contributed by atoms with E-state index in [0.717, 1.165) is 0 Å². The number of rotatable bonds is 5. The average molecular weight is 417 g/mol. The first-order valence-electron chi connectivity index (χ1n) is 9.41. The van der Waals surface area contributed by atoms with E-state index in [0.29, 0.717) is 57.3 Å². The van der Waals surface area contributed by atoms with Gasteiger partial charge in [-0.3, -0.25) is 15.0 Å². The van der Waals surface area contributed by atoms with E-state index in [1.54, 1.807) is 18.5 Å². The molecule has 3 rings (SSSR count). The molecule has 2 aliphatic rings. The van der Waals surface area contributed by atoms with Gasteiger partial charge >= 0.3 is 5.69 Å². The minimum atomic E-state index is -3.52. The molecule has 12 heteroatoms. The van der Waals surface area contributed by atoms with Crippen molar-refractivity contribution in [3.8, 4) is 0 Å². The van der Waals surface area contributed by atoms with Crippen LogP contribution in [0.15, 0.2) is 0 Å². The maximum absolute atomic E-state index is 13.0. The number of morpholine rings is 1. The second-order valence-corrected chi connectivity index (χ2v) is 9.45. The van der Waals surface area contributed by atoms with Gasteiger partial charge in [-0.15, -0.1) is 0 Å². The van der Waals surface area contributed by atoms with E-state index in [-0.39, 0.29) is 17.9 Å².